The van der Waals surface area contributed by atoms with E-state index in [0.29, 0.717) is 0 Å². The molecule has 0 bridgehead atoms. The summed E-state index contributed by atoms with van der Waals surface area (Å²) in [6.45, 7) is 5.16. The van der Waals surface area contributed by atoms with Crippen molar-refractivity contribution in [1.82, 2.24) is 5.32 Å². The van der Waals surface area contributed by atoms with Gasteiger partial charge in [0, 0.05) is 16.7 Å². The Bertz CT molecular complexity index is 646. The molecule has 0 aliphatic heterocycles. The molecule has 0 aliphatic rings. The lowest BCUT2D eigenvalue weighted by molar-refractivity contribution is -0.127. The van der Waals surface area contributed by atoms with Crippen LogP contribution in [0.5, 0.6) is 5.75 Å². The minimum absolute atomic E-state index is 0.0358. The molecule has 1 amide bonds. The molecule has 0 fully saturated rings. The first-order valence-electron chi connectivity index (χ1n) is 5.93. The molecule has 0 spiro atoms. The molecule has 118 valence electrons. The highest BCUT2D eigenvalue weighted by atomic mass is 35.7. The maximum Gasteiger partial charge on any atom is 0.262 e. The molecule has 1 N–H and O–H groups in total. The van der Waals surface area contributed by atoms with E-state index >= 15 is 0 Å². The van der Waals surface area contributed by atoms with Gasteiger partial charge in [0.15, 0.2) is 6.10 Å². The lowest BCUT2D eigenvalue weighted by Gasteiger charge is -2.18. The van der Waals surface area contributed by atoms with Gasteiger partial charge < -0.3 is 10.1 Å². The van der Waals surface area contributed by atoms with E-state index < -0.39 is 15.2 Å². The van der Waals surface area contributed by atoms with Crippen LogP contribution in [0, 0.1) is 0 Å². The highest BCUT2D eigenvalue weighted by Gasteiger charge is 2.22. The zero-order chi connectivity index (χ0) is 16.4. The number of carbonyl (C=O) groups excluding carboxylic acids is 1. The summed E-state index contributed by atoms with van der Waals surface area (Å²) < 4.78 is 28.0. The van der Waals surface area contributed by atoms with Gasteiger partial charge >= 0.3 is 0 Å². The number of carbonyl (C=O) groups is 1. The number of benzene rings is 1. The van der Waals surface area contributed by atoms with E-state index in [1.165, 1.54) is 19.1 Å². The SMILES string of the molecule is CC(C)NC(=O)C(C)Oc1ccc(S(=O)(=O)Cl)c(Cl)c1Cl. The van der Waals surface area contributed by atoms with Crippen molar-refractivity contribution in [2.75, 3.05) is 0 Å². The molecule has 1 unspecified atom stereocenters. The average molecular weight is 375 g/mol. The second-order valence-corrected chi connectivity index (χ2v) is 7.84. The standard InChI is InChI=1S/C12H14Cl3NO4S/c1-6(2)16-12(17)7(3)20-8-4-5-9(21(15,18)19)11(14)10(8)13/h4-7H,1-3H3,(H,16,17). The number of nitrogens with one attached hydrogen (secondary N) is 1. The van der Waals surface area contributed by atoms with Gasteiger partial charge in [0.2, 0.25) is 0 Å². The largest absolute Gasteiger partial charge is 0.479 e. The molecule has 9 heteroatoms. The summed E-state index contributed by atoms with van der Waals surface area (Å²) in [6.07, 6.45) is -0.820. The maximum absolute atomic E-state index is 11.8. The third kappa shape index (κ3) is 4.92. The van der Waals surface area contributed by atoms with Gasteiger partial charge in [-0.2, -0.15) is 0 Å². The zero-order valence-corrected chi connectivity index (χ0v) is 14.6. The van der Waals surface area contributed by atoms with Crippen molar-refractivity contribution >= 4 is 48.8 Å². The van der Waals surface area contributed by atoms with Gasteiger partial charge in [-0.3, -0.25) is 4.79 Å². The first-order valence-corrected chi connectivity index (χ1v) is 9.00. The van der Waals surface area contributed by atoms with Gasteiger partial charge in [0.25, 0.3) is 15.0 Å². The predicted molar refractivity (Wildman–Crippen MR) is 82.9 cm³/mol. The van der Waals surface area contributed by atoms with Crippen molar-refractivity contribution in [2.45, 2.75) is 37.8 Å². The van der Waals surface area contributed by atoms with Crippen LogP contribution in [0.25, 0.3) is 0 Å². The molecule has 0 aliphatic carbocycles. The minimum Gasteiger partial charge on any atom is -0.479 e. The topological polar surface area (TPSA) is 72.5 Å². The van der Waals surface area contributed by atoms with Gasteiger partial charge in [-0.1, -0.05) is 23.2 Å². The molecule has 0 radical (unpaired) electrons. The molecule has 21 heavy (non-hydrogen) atoms. The summed E-state index contributed by atoms with van der Waals surface area (Å²) in [7, 11) is 1.21. The van der Waals surface area contributed by atoms with Crippen molar-refractivity contribution in [3.05, 3.63) is 22.2 Å². The van der Waals surface area contributed by atoms with E-state index in [0.717, 1.165) is 0 Å². The lowest BCUT2D eigenvalue weighted by Crippen LogP contribution is -2.40. The summed E-state index contributed by atoms with van der Waals surface area (Å²) in [6, 6.07) is 2.42. The van der Waals surface area contributed by atoms with Gasteiger partial charge in [-0.05, 0) is 32.9 Å². The van der Waals surface area contributed by atoms with Crippen molar-refractivity contribution in [3.8, 4) is 5.75 Å². The molecule has 0 saturated heterocycles. The van der Waals surface area contributed by atoms with Gasteiger partial charge in [-0.15, -0.1) is 0 Å². The Morgan fingerprint density at radius 2 is 1.76 bits per heavy atom. The van der Waals surface area contributed by atoms with E-state index in [9.17, 15) is 13.2 Å². The molecule has 1 aromatic carbocycles. The third-order valence-corrected chi connectivity index (χ3v) is 4.72. The van der Waals surface area contributed by atoms with Crippen LogP contribution in [0.4, 0.5) is 0 Å². The van der Waals surface area contributed by atoms with Crippen LogP contribution in [0.1, 0.15) is 20.8 Å². The lowest BCUT2D eigenvalue weighted by atomic mass is 10.3. The monoisotopic (exact) mass is 373 g/mol. The predicted octanol–water partition coefficient (Wildman–Crippen LogP) is 3.21. The van der Waals surface area contributed by atoms with Crippen LogP contribution < -0.4 is 10.1 Å². The first kappa shape index (κ1) is 18.4. The maximum atomic E-state index is 11.8. The van der Waals surface area contributed by atoms with Crippen molar-refractivity contribution in [3.63, 3.8) is 0 Å². The number of rotatable bonds is 5. The second-order valence-electron chi connectivity index (χ2n) is 4.55. The van der Waals surface area contributed by atoms with Crippen LogP contribution >= 0.6 is 33.9 Å². The third-order valence-electron chi connectivity index (χ3n) is 2.38. The second kappa shape index (κ2) is 7.05. The summed E-state index contributed by atoms with van der Waals surface area (Å²) in [4.78, 5) is 11.4. The summed E-state index contributed by atoms with van der Waals surface area (Å²) in [5.74, 6) is -0.233. The Morgan fingerprint density at radius 3 is 2.24 bits per heavy atom. The summed E-state index contributed by atoms with van der Waals surface area (Å²) in [5.41, 5.74) is 0. The quantitative estimate of drug-likeness (QED) is 0.803. The fraction of sp³-hybridized carbons (Fsp3) is 0.417. The zero-order valence-electron chi connectivity index (χ0n) is 11.5. The Morgan fingerprint density at radius 1 is 1.19 bits per heavy atom. The molecule has 1 rings (SSSR count). The van der Waals surface area contributed by atoms with Crippen LogP contribution in [0.3, 0.4) is 0 Å². The van der Waals surface area contributed by atoms with Crippen LogP contribution in [0.2, 0.25) is 10.0 Å². The van der Waals surface area contributed by atoms with E-state index in [2.05, 4.69) is 5.32 Å². The van der Waals surface area contributed by atoms with Crippen LogP contribution in [-0.4, -0.2) is 26.5 Å². The van der Waals surface area contributed by atoms with Gasteiger partial charge in [0.05, 0.1) is 5.02 Å². The van der Waals surface area contributed by atoms with Crippen molar-refractivity contribution in [1.29, 1.82) is 0 Å². The Balaban J connectivity index is 3.02. The van der Waals surface area contributed by atoms with E-state index in [1.54, 1.807) is 0 Å². The normalized spacial score (nSPS) is 13.1. The fourth-order valence-electron chi connectivity index (χ4n) is 1.44. The fourth-order valence-corrected chi connectivity index (χ4v) is 3.22. The summed E-state index contributed by atoms with van der Waals surface area (Å²) in [5, 5.41) is 2.30. The van der Waals surface area contributed by atoms with E-state index in [-0.39, 0.29) is 32.6 Å². The molecule has 5 nitrogen and oxygen atoms in total. The summed E-state index contributed by atoms with van der Waals surface area (Å²) >= 11 is 11.8. The molecule has 1 atom stereocenters. The first-order chi connectivity index (χ1) is 9.54. The van der Waals surface area contributed by atoms with E-state index in [4.69, 9.17) is 38.6 Å². The molecule has 1 aromatic rings. The number of ether oxygens (including phenoxy) is 1. The van der Waals surface area contributed by atoms with Crippen LogP contribution in [-0.2, 0) is 13.8 Å². The molecule has 0 aromatic heterocycles. The number of hydrogen-bond acceptors (Lipinski definition) is 4. The van der Waals surface area contributed by atoms with Gasteiger partial charge in [-0.25, -0.2) is 8.42 Å². The minimum atomic E-state index is -4.01. The Kier molecular flexibility index (Phi) is 6.16. The molecule has 0 heterocycles. The highest BCUT2D eigenvalue weighted by molar-refractivity contribution is 8.13. The highest BCUT2D eigenvalue weighted by Crippen LogP contribution is 2.38. The van der Waals surface area contributed by atoms with Gasteiger partial charge in [0.1, 0.15) is 15.7 Å². The molecule has 0 saturated carbocycles. The smallest absolute Gasteiger partial charge is 0.262 e. The number of halogens is 3. The van der Waals surface area contributed by atoms with Crippen molar-refractivity contribution < 1.29 is 17.9 Å². The van der Waals surface area contributed by atoms with Crippen molar-refractivity contribution in [2.24, 2.45) is 0 Å². The Hall–Kier alpha value is -0.690. The van der Waals surface area contributed by atoms with Crippen LogP contribution in [0.15, 0.2) is 17.0 Å². The molecular formula is C12H14Cl3NO4S. The number of hydrogen-bond donors (Lipinski definition) is 1. The molecular weight excluding hydrogens is 361 g/mol. The average Bonchev–Trinajstić information content (AvgIpc) is 2.32. The Labute approximate surface area is 137 Å². The van der Waals surface area contributed by atoms with E-state index in [1.807, 2.05) is 13.8 Å². The number of amides is 1.